The maximum absolute atomic E-state index is 12.7. The molecule has 2 N–H and O–H groups in total. The fourth-order valence-corrected chi connectivity index (χ4v) is 4.18. The van der Waals surface area contributed by atoms with Gasteiger partial charge in [-0.3, -0.25) is 4.99 Å². The molecular weight excluding hydrogens is 441 g/mol. The van der Waals surface area contributed by atoms with Crippen molar-refractivity contribution in [2.45, 2.75) is 31.6 Å². The number of alkyl halides is 3. The molecule has 1 unspecified atom stereocenters. The predicted molar refractivity (Wildman–Crippen MR) is 123 cm³/mol. The average molecular weight is 462 g/mol. The van der Waals surface area contributed by atoms with E-state index in [-0.39, 0.29) is 11.9 Å². The lowest BCUT2D eigenvalue weighted by Crippen LogP contribution is -2.06. The van der Waals surface area contributed by atoms with Crippen LogP contribution in [0.3, 0.4) is 0 Å². The summed E-state index contributed by atoms with van der Waals surface area (Å²) in [5.74, 6) is -1.45. The maximum Gasteiger partial charge on any atom is 0.471 e. The molecule has 0 spiro atoms. The van der Waals surface area contributed by atoms with E-state index in [0.717, 1.165) is 46.4 Å². The van der Waals surface area contributed by atoms with E-state index in [1.165, 1.54) is 0 Å². The van der Waals surface area contributed by atoms with Crippen molar-refractivity contribution < 1.29 is 17.7 Å². The van der Waals surface area contributed by atoms with Gasteiger partial charge in [0, 0.05) is 17.8 Å². The highest BCUT2D eigenvalue weighted by molar-refractivity contribution is 6.03. The van der Waals surface area contributed by atoms with Crippen molar-refractivity contribution in [1.29, 1.82) is 0 Å². The van der Waals surface area contributed by atoms with Crippen LogP contribution in [0.5, 0.6) is 0 Å². The van der Waals surface area contributed by atoms with Crippen molar-refractivity contribution in [3.05, 3.63) is 95.4 Å². The first-order valence-electron chi connectivity index (χ1n) is 10.9. The van der Waals surface area contributed by atoms with Gasteiger partial charge in [0.1, 0.15) is 0 Å². The minimum atomic E-state index is -4.66. The molecule has 5 nitrogen and oxygen atoms in total. The number of aromatic nitrogens is 2. The molecule has 0 fully saturated rings. The Labute approximate surface area is 194 Å². The third-order valence-electron chi connectivity index (χ3n) is 5.95. The van der Waals surface area contributed by atoms with E-state index >= 15 is 0 Å². The molecule has 0 saturated carbocycles. The van der Waals surface area contributed by atoms with E-state index in [9.17, 15) is 13.2 Å². The Bertz CT molecular complexity index is 1330. The molecule has 172 valence electrons. The van der Waals surface area contributed by atoms with Crippen molar-refractivity contribution in [3.8, 4) is 22.5 Å². The van der Waals surface area contributed by atoms with E-state index in [1.807, 2.05) is 42.5 Å². The summed E-state index contributed by atoms with van der Waals surface area (Å²) in [7, 11) is 0. The molecule has 5 rings (SSSR count). The van der Waals surface area contributed by atoms with E-state index in [1.54, 1.807) is 12.1 Å². The third kappa shape index (κ3) is 4.36. The van der Waals surface area contributed by atoms with Crippen LogP contribution in [-0.4, -0.2) is 15.9 Å². The summed E-state index contributed by atoms with van der Waals surface area (Å²) in [6, 6.07) is 23.4. The Balaban J connectivity index is 1.32. The van der Waals surface area contributed by atoms with Crippen LogP contribution in [0.15, 0.2) is 82.3 Å². The number of aliphatic imine (C=N–C) groups is 1. The number of rotatable bonds is 5. The highest BCUT2D eigenvalue weighted by Gasteiger charge is 2.38. The number of halogens is 3. The lowest BCUT2D eigenvalue weighted by Gasteiger charge is -2.09. The molecule has 8 heteroatoms. The summed E-state index contributed by atoms with van der Waals surface area (Å²) in [4.78, 5) is 8.39. The lowest BCUT2D eigenvalue weighted by atomic mass is 9.98. The number of nitrogens with two attached hydrogens (primary N) is 1. The van der Waals surface area contributed by atoms with Crippen molar-refractivity contribution in [2.75, 3.05) is 0 Å². The second kappa shape index (κ2) is 8.87. The Morgan fingerprint density at radius 1 is 0.882 bits per heavy atom. The fourth-order valence-electron chi connectivity index (χ4n) is 4.18. The van der Waals surface area contributed by atoms with Gasteiger partial charge in [-0.25, -0.2) is 0 Å². The number of benzene rings is 3. The monoisotopic (exact) mass is 462 g/mol. The standard InChI is InChI=1S/C26H21F3N4O/c27-26(28,29)25-32-24(33-34-25)19-11-7-17(8-12-19)16-5-9-18(10-6-16)22-13-14-23(31-22)21-4-2-1-3-20(21)15-30/h1-12,22H,13-15,30H2. The molecule has 0 bridgehead atoms. The highest BCUT2D eigenvalue weighted by Crippen LogP contribution is 2.34. The van der Waals surface area contributed by atoms with Crippen LogP contribution in [0, 0.1) is 0 Å². The molecule has 3 aromatic carbocycles. The Morgan fingerprint density at radius 2 is 1.53 bits per heavy atom. The topological polar surface area (TPSA) is 77.3 Å². The minimum Gasteiger partial charge on any atom is -0.329 e. The van der Waals surface area contributed by atoms with Gasteiger partial charge in [-0.15, -0.1) is 0 Å². The first-order valence-corrected chi connectivity index (χ1v) is 10.9. The van der Waals surface area contributed by atoms with Gasteiger partial charge in [0.25, 0.3) is 0 Å². The van der Waals surface area contributed by atoms with Gasteiger partial charge in [-0.2, -0.15) is 18.2 Å². The van der Waals surface area contributed by atoms with Gasteiger partial charge in [-0.05, 0) is 40.7 Å². The molecule has 2 heterocycles. The van der Waals surface area contributed by atoms with E-state index in [0.29, 0.717) is 12.1 Å². The lowest BCUT2D eigenvalue weighted by molar-refractivity contribution is -0.159. The predicted octanol–water partition coefficient (Wildman–Crippen LogP) is 6.21. The molecule has 1 aliphatic heterocycles. The smallest absolute Gasteiger partial charge is 0.329 e. The molecule has 34 heavy (non-hydrogen) atoms. The Morgan fingerprint density at radius 3 is 2.18 bits per heavy atom. The summed E-state index contributed by atoms with van der Waals surface area (Å²) >= 11 is 0. The highest BCUT2D eigenvalue weighted by atomic mass is 19.4. The van der Waals surface area contributed by atoms with Gasteiger partial charge in [-0.1, -0.05) is 78.0 Å². The maximum atomic E-state index is 12.7. The zero-order chi connectivity index (χ0) is 23.7. The van der Waals surface area contributed by atoms with Crippen LogP contribution in [-0.2, 0) is 12.7 Å². The van der Waals surface area contributed by atoms with Gasteiger partial charge >= 0.3 is 12.1 Å². The summed E-state index contributed by atoms with van der Waals surface area (Å²) in [6.45, 7) is 0.490. The molecule has 0 amide bonds. The number of nitrogens with zero attached hydrogens (tertiary/aromatic N) is 3. The van der Waals surface area contributed by atoms with Crippen LogP contribution in [0.1, 0.15) is 41.5 Å². The molecule has 0 saturated heterocycles. The van der Waals surface area contributed by atoms with Gasteiger partial charge in [0.15, 0.2) is 0 Å². The van der Waals surface area contributed by atoms with Crippen LogP contribution in [0.2, 0.25) is 0 Å². The number of hydrogen-bond donors (Lipinski definition) is 1. The van der Waals surface area contributed by atoms with Crippen molar-refractivity contribution in [3.63, 3.8) is 0 Å². The molecular formula is C26H21F3N4O. The second-order valence-corrected chi connectivity index (χ2v) is 8.11. The minimum absolute atomic E-state index is 0.0969. The van der Waals surface area contributed by atoms with Crippen LogP contribution < -0.4 is 5.73 Å². The molecule has 1 aliphatic rings. The van der Waals surface area contributed by atoms with Crippen molar-refractivity contribution in [2.24, 2.45) is 10.7 Å². The zero-order valence-electron chi connectivity index (χ0n) is 18.1. The van der Waals surface area contributed by atoms with Crippen LogP contribution >= 0.6 is 0 Å². The average Bonchev–Trinajstić information content (AvgIpc) is 3.55. The Hall–Kier alpha value is -3.78. The molecule has 0 radical (unpaired) electrons. The summed E-state index contributed by atoms with van der Waals surface area (Å²) in [5, 5.41) is 3.42. The van der Waals surface area contributed by atoms with Crippen molar-refractivity contribution >= 4 is 5.71 Å². The second-order valence-electron chi connectivity index (χ2n) is 8.11. The molecule has 1 atom stereocenters. The first-order chi connectivity index (χ1) is 16.4. The van der Waals surface area contributed by atoms with Crippen molar-refractivity contribution in [1.82, 2.24) is 10.1 Å². The SMILES string of the molecule is NCc1ccccc1C1=NC(c2ccc(-c3ccc(-c4noc(C(F)(F)F)n4)cc3)cc2)CC1. The summed E-state index contributed by atoms with van der Waals surface area (Å²) in [6.07, 6.45) is -2.80. The van der Waals surface area contributed by atoms with Crippen LogP contribution in [0.4, 0.5) is 13.2 Å². The van der Waals surface area contributed by atoms with E-state index < -0.39 is 12.1 Å². The quantitative estimate of drug-likeness (QED) is 0.383. The molecule has 1 aromatic heterocycles. The van der Waals surface area contributed by atoms with E-state index in [4.69, 9.17) is 10.7 Å². The molecule has 4 aromatic rings. The van der Waals surface area contributed by atoms with Gasteiger partial charge < -0.3 is 10.3 Å². The van der Waals surface area contributed by atoms with Gasteiger partial charge in [0.05, 0.1) is 6.04 Å². The summed E-state index contributed by atoms with van der Waals surface area (Å²) in [5.41, 5.74) is 12.7. The third-order valence-corrected chi connectivity index (χ3v) is 5.95. The fraction of sp³-hybridized carbons (Fsp3) is 0.192. The summed E-state index contributed by atoms with van der Waals surface area (Å²) < 4.78 is 42.3. The first kappa shape index (κ1) is 22.0. The van der Waals surface area contributed by atoms with Crippen LogP contribution in [0.25, 0.3) is 22.5 Å². The zero-order valence-corrected chi connectivity index (χ0v) is 18.1. The largest absolute Gasteiger partial charge is 0.471 e. The van der Waals surface area contributed by atoms with E-state index in [2.05, 4.69) is 32.9 Å². The molecule has 0 aliphatic carbocycles. The number of hydrogen-bond acceptors (Lipinski definition) is 5. The normalized spacial score (nSPS) is 16.0. The Kier molecular flexibility index (Phi) is 5.75. The van der Waals surface area contributed by atoms with Gasteiger partial charge in [0.2, 0.25) is 5.82 Å².